The van der Waals surface area contributed by atoms with Crippen LogP contribution in [0.5, 0.6) is 0 Å². The summed E-state index contributed by atoms with van der Waals surface area (Å²) in [6.45, 7) is 5.95. The molecule has 1 rings (SSSR count). The fourth-order valence-corrected chi connectivity index (χ4v) is 1.29. The van der Waals surface area contributed by atoms with Gasteiger partial charge < -0.3 is 5.32 Å². The van der Waals surface area contributed by atoms with Gasteiger partial charge in [-0.15, -0.1) is 0 Å². The Hall–Kier alpha value is -1.46. The van der Waals surface area contributed by atoms with Crippen molar-refractivity contribution in [3.63, 3.8) is 0 Å². The van der Waals surface area contributed by atoms with Crippen LogP contribution in [0.4, 0.5) is 0 Å². The summed E-state index contributed by atoms with van der Waals surface area (Å²) in [5.74, 6) is 5.83. The monoisotopic (exact) mass is 249 g/mol. The highest BCUT2D eigenvalue weighted by molar-refractivity contribution is 6.30. The summed E-state index contributed by atoms with van der Waals surface area (Å²) in [5, 5.41) is 3.42. The SMILES string of the molecule is CC(C)(C)C(=O)NCC#Cc1cccc(Cl)c1. The second-order valence-electron chi connectivity index (χ2n) is 4.74. The molecule has 0 aliphatic rings. The van der Waals surface area contributed by atoms with Gasteiger partial charge in [0.05, 0.1) is 6.54 Å². The highest BCUT2D eigenvalue weighted by atomic mass is 35.5. The van der Waals surface area contributed by atoms with Crippen molar-refractivity contribution in [3.8, 4) is 11.8 Å². The van der Waals surface area contributed by atoms with Crippen LogP contribution in [0.1, 0.15) is 26.3 Å². The standard InChI is InChI=1S/C14H16ClNO/c1-14(2,3)13(17)16-9-5-7-11-6-4-8-12(15)10-11/h4,6,8,10H,9H2,1-3H3,(H,16,17). The molecule has 3 heteroatoms. The molecule has 0 aromatic heterocycles. The van der Waals surface area contributed by atoms with Gasteiger partial charge in [0.25, 0.3) is 0 Å². The Morgan fingerprint density at radius 1 is 1.41 bits per heavy atom. The van der Waals surface area contributed by atoms with Gasteiger partial charge in [0.15, 0.2) is 0 Å². The van der Waals surface area contributed by atoms with Crippen molar-refractivity contribution in [2.24, 2.45) is 5.41 Å². The minimum absolute atomic E-state index is 0.00195. The van der Waals surface area contributed by atoms with E-state index in [1.165, 1.54) is 0 Å². The molecule has 1 aromatic rings. The zero-order chi connectivity index (χ0) is 12.9. The third kappa shape index (κ3) is 4.93. The van der Waals surface area contributed by atoms with Gasteiger partial charge in [-0.2, -0.15) is 0 Å². The van der Waals surface area contributed by atoms with Gasteiger partial charge in [0.2, 0.25) is 5.91 Å². The molecular weight excluding hydrogens is 234 g/mol. The Morgan fingerprint density at radius 3 is 2.71 bits per heavy atom. The maximum atomic E-state index is 11.5. The van der Waals surface area contributed by atoms with E-state index in [0.29, 0.717) is 11.6 Å². The summed E-state index contributed by atoms with van der Waals surface area (Å²) in [7, 11) is 0. The lowest BCUT2D eigenvalue weighted by atomic mass is 9.96. The van der Waals surface area contributed by atoms with E-state index < -0.39 is 0 Å². The minimum Gasteiger partial charge on any atom is -0.345 e. The molecule has 0 spiro atoms. The third-order valence-corrected chi connectivity index (χ3v) is 2.31. The van der Waals surface area contributed by atoms with Crippen LogP contribution in [-0.2, 0) is 4.79 Å². The highest BCUT2D eigenvalue weighted by Gasteiger charge is 2.19. The predicted molar refractivity (Wildman–Crippen MR) is 70.8 cm³/mol. The topological polar surface area (TPSA) is 29.1 Å². The Labute approximate surface area is 107 Å². The van der Waals surface area contributed by atoms with E-state index in [1.807, 2.05) is 32.9 Å². The maximum Gasteiger partial charge on any atom is 0.226 e. The average Bonchev–Trinajstić information content (AvgIpc) is 2.23. The molecule has 0 atom stereocenters. The van der Waals surface area contributed by atoms with E-state index in [1.54, 1.807) is 12.1 Å². The van der Waals surface area contributed by atoms with Gasteiger partial charge >= 0.3 is 0 Å². The Bertz CT molecular complexity index is 463. The van der Waals surface area contributed by atoms with Crippen molar-refractivity contribution in [2.45, 2.75) is 20.8 Å². The van der Waals surface area contributed by atoms with Gasteiger partial charge in [-0.1, -0.05) is 50.3 Å². The van der Waals surface area contributed by atoms with E-state index in [9.17, 15) is 4.79 Å². The van der Waals surface area contributed by atoms with Crippen molar-refractivity contribution in [1.29, 1.82) is 0 Å². The van der Waals surface area contributed by atoms with Gasteiger partial charge in [0.1, 0.15) is 0 Å². The molecule has 0 aliphatic carbocycles. The molecule has 0 saturated carbocycles. The van der Waals surface area contributed by atoms with Gasteiger partial charge in [-0.3, -0.25) is 4.79 Å². The second kappa shape index (κ2) is 5.75. The highest BCUT2D eigenvalue weighted by Crippen LogP contribution is 2.12. The number of rotatable bonds is 1. The Kier molecular flexibility index (Phi) is 4.60. The van der Waals surface area contributed by atoms with Crippen LogP contribution in [0.15, 0.2) is 24.3 Å². The number of benzene rings is 1. The molecule has 0 fully saturated rings. The molecule has 0 bridgehead atoms. The van der Waals surface area contributed by atoms with Crippen LogP contribution >= 0.6 is 11.6 Å². The summed E-state index contributed by atoms with van der Waals surface area (Å²) in [6, 6.07) is 7.32. The van der Waals surface area contributed by atoms with Crippen LogP contribution in [0.2, 0.25) is 5.02 Å². The van der Waals surface area contributed by atoms with Crippen molar-refractivity contribution in [2.75, 3.05) is 6.54 Å². The molecule has 1 N–H and O–H groups in total. The molecule has 0 radical (unpaired) electrons. The first-order valence-electron chi connectivity index (χ1n) is 5.42. The Morgan fingerprint density at radius 2 is 2.12 bits per heavy atom. The number of halogens is 1. The number of hydrogen-bond donors (Lipinski definition) is 1. The lowest BCUT2D eigenvalue weighted by Crippen LogP contribution is -2.34. The molecule has 90 valence electrons. The van der Waals surface area contributed by atoms with E-state index in [4.69, 9.17) is 11.6 Å². The molecule has 0 aliphatic heterocycles. The summed E-state index contributed by atoms with van der Waals surface area (Å²) in [6.07, 6.45) is 0. The number of carbonyl (C=O) groups is 1. The van der Waals surface area contributed by atoms with Crippen molar-refractivity contribution < 1.29 is 4.79 Å². The Balaban J connectivity index is 2.50. The van der Waals surface area contributed by atoms with Gasteiger partial charge in [-0.05, 0) is 18.2 Å². The second-order valence-corrected chi connectivity index (χ2v) is 5.18. The van der Waals surface area contributed by atoms with Crippen molar-refractivity contribution >= 4 is 17.5 Å². The fraction of sp³-hybridized carbons (Fsp3) is 0.357. The molecule has 1 aromatic carbocycles. The quantitative estimate of drug-likeness (QED) is 0.762. The van der Waals surface area contributed by atoms with Crippen LogP contribution in [0.25, 0.3) is 0 Å². The lowest BCUT2D eigenvalue weighted by Gasteiger charge is -2.15. The van der Waals surface area contributed by atoms with Crippen molar-refractivity contribution in [1.82, 2.24) is 5.32 Å². The zero-order valence-corrected chi connectivity index (χ0v) is 11.1. The summed E-state index contributed by atoms with van der Waals surface area (Å²) < 4.78 is 0. The van der Waals surface area contributed by atoms with E-state index in [0.717, 1.165) is 5.56 Å². The largest absolute Gasteiger partial charge is 0.345 e. The number of carbonyl (C=O) groups excluding carboxylic acids is 1. The van der Waals surface area contributed by atoms with Crippen LogP contribution in [-0.4, -0.2) is 12.5 Å². The maximum absolute atomic E-state index is 11.5. The molecule has 1 amide bonds. The van der Waals surface area contributed by atoms with E-state index in [2.05, 4.69) is 17.2 Å². The first-order chi connectivity index (χ1) is 7.89. The minimum atomic E-state index is -0.377. The summed E-state index contributed by atoms with van der Waals surface area (Å²) in [5.41, 5.74) is 0.472. The molecule has 0 saturated heterocycles. The average molecular weight is 250 g/mol. The van der Waals surface area contributed by atoms with E-state index in [-0.39, 0.29) is 11.3 Å². The first kappa shape index (κ1) is 13.6. The summed E-state index contributed by atoms with van der Waals surface area (Å²) in [4.78, 5) is 11.5. The normalized spacial score (nSPS) is 10.4. The molecular formula is C14H16ClNO. The predicted octanol–water partition coefficient (Wildman–Crippen LogP) is 2.85. The fourth-order valence-electron chi connectivity index (χ4n) is 1.10. The zero-order valence-electron chi connectivity index (χ0n) is 10.3. The van der Waals surface area contributed by atoms with E-state index >= 15 is 0 Å². The molecule has 17 heavy (non-hydrogen) atoms. The number of nitrogens with one attached hydrogen (secondary N) is 1. The molecule has 0 unspecified atom stereocenters. The van der Waals surface area contributed by atoms with Crippen LogP contribution < -0.4 is 5.32 Å². The lowest BCUT2D eigenvalue weighted by molar-refractivity contribution is -0.128. The van der Waals surface area contributed by atoms with Crippen LogP contribution in [0, 0.1) is 17.3 Å². The van der Waals surface area contributed by atoms with Crippen molar-refractivity contribution in [3.05, 3.63) is 34.9 Å². The summed E-state index contributed by atoms with van der Waals surface area (Å²) >= 11 is 5.83. The van der Waals surface area contributed by atoms with Gasteiger partial charge in [-0.25, -0.2) is 0 Å². The first-order valence-corrected chi connectivity index (χ1v) is 5.80. The molecule has 0 heterocycles. The number of hydrogen-bond acceptors (Lipinski definition) is 1. The van der Waals surface area contributed by atoms with Crippen LogP contribution in [0.3, 0.4) is 0 Å². The smallest absolute Gasteiger partial charge is 0.226 e. The third-order valence-electron chi connectivity index (χ3n) is 2.08. The number of amides is 1. The molecule has 2 nitrogen and oxygen atoms in total. The van der Waals surface area contributed by atoms with Gasteiger partial charge in [0, 0.05) is 16.0 Å².